The van der Waals surface area contributed by atoms with Crippen LogP contribution in [0.2, 0.25) is 0 Å². The summed E-state index contributed by atoms with van der Waals surface area (Å²) < 4.78 is 0. The molecule has 1 rings (SSSR count). The molecule has 1 saturated heterocycles. The summed E-state index contributed by atoms with van der Waals surface area (Å²) in [6, 6.07) is 0. The van der Waals surface area contributed by atoms with Crippen molar-refractivity contribution in [3.05, 3.63) is 0 Å². The van der Waals surface area contributed by atoms with Crippen molar-refractivity contribution in [2.24, 2.45) is 23.5 Å². The SMILES string of the molecule is CC(CN)CC(=O)N1CC(C)C(C)C1. The van der Waals surface area contributed by atoms with Crippen LogP contribution in [0.4, 0.5) is 0 Å². The van der Waals surface area contributed by atoms with Crippen LogP contribution in [0.1, 0.15) is 27.2 Å². The second-order valence-corrected chi connectivity index (χ2v) is 4.80. The number of nitrogens with two attached hydrogens (primary N) is 1. The minimum Gasteiger partial charge on any atom is -0.342 e. The molecule has 0 aromatic carbocycles. The Morgan fingerprint density at radius 3 is 2.36 bits per heavy atom. The summed E-state index contributed by atoms with van der Waals surface area (Å²) in [4.78, 5) is 13.8. The molecule has 14 heavy (non-hydrogen) atoms. The predicted molar refractivity (Wildman–Crippen MR) is 57.7 cm³/mol. The van der Waals surface area contributed by atoms with Crippen molar-refractivity contribution in [2.75, 3.05) is 19.6 Å². The van der Waals surface area contributed by atoms with Crippen molar-refractivity contribution in [3.63, 3.8) is 0 Å². The van der Waals surface area contributed by atoms with Crippen molar-refractivity contribution in [2.45, 2.75) is 27.2 Å². The van der Waals surface area contributed by atoms with Gasteiger partial charge >= 0.3 is 0 Å². The molecule has 3 unspecified atom stereocenters. The summed E-state index contributed by atoms with van der Waals surface area (Å²) in [5.41, 5.74) is 5.50. The molecule has 3 atom stereocenters. The third kappa shape index (κ3) is 2.71. The molecule has 0 aliphatic carbocycles. The highest BCUT2D eigenvalue weighted by atomic mass is 16.2. The number of hydrogen-bond acceptors (Lipinski definition) is 2. The lowest BCUT2D eigenvalue weighted by molar-refractivity contribution is -0.131. The molecule has 0 aromatic rings. The smallest absolute Gasteiger partial charge is 0.222 e. The van der Waals surface area contributed by atoms with E-state index in [2.05, 4.69) is 13.8 Å². The van der Waals surface area contributed by atoms with Gasteiger partial charge in [0.2, 0.25) is 5.91 Å². The number of carbonyl (C=O) groups excluding carboxylic acids is 1. The third-order valence-electron chi connectivity index (χ3n) is 3.27. The number of rotatable bonds is 3. The molecule has 0 radical (unpaired) electrons. The van der Waals surface area contributed by atoms with Crippen LogP contribution in [0.25, 0.3) is 0 Å². The topological polar surface area (TPSA) is 46.3 Å². The van der Waals surface area contributed by atoms with Gasteiger partial charge in [-0.2, -0.15) is 0 Å². The van der Waals surface area contributed by atoms with E-state index in [0.717, 1.165) is 13.1 Å². The van der Waals surface area contributed by atoms with E-state index < -0.39 is 0 Å². The minimum atomic E-state index is 0.277. The molecule has 3 heteroatoms. The van der Waals surface area contributed by atoms with Gasteiger partial charge in [-0.3, -0.25) is 4.79 Å². The fourth-order valence-corrected chi connectivity index (χ4v) is 1.84. The molecule has 1 aliphatic heterocycles. The van der Waals surface area contributed by atoms with Gasteiger partial charge in [0.1, 0.15) is 0 Å². The monoisotopic (exact) mass is 198 g/mol. The van der Waals surface area contributed by atoms with Crippen LogP contribution < -0.4 is 5.73 Å². The van der Waals surface area contributed by atoms with E-state index in [4.69, 9.17) is 5.73 Å². The molecule has 0 spiro atoms. The lowest BCUT2D eigenvalue weighted by Crippen LogP contribution is -2.31. The summed E-state index contributed by atoms with van der Waals surface area (Å²) in [7, 11) is 0. The number of carbonyl (C=O) groups is 1. The highest BCUT2D eigenvalue weighted by Crippen LogP contribution is 2.23. The largest absolute Gasteiger partial charge is 0.342 e. The van der Waals surface area contributed by atoms with Gasteiger partial charge in [-0.15, -0.1) is 0 Å². The van der Waals surface area contributed by atoms with Gasteiger partial charge in [0.25, 0.3) is 0 Å². The average molecular weight is 198 g/mol. The first kappa shape index (κ1) is 11.5. The van der Waals surface area contributed by atoms with Crippen molar-refractivity contribution >= 4 is 5.91 Å². The van der Waals surface area contributed by atoms with E-state index in [1.807, 2.05) is 11.8 Å². The Kier molecular flexibility index (Phi) is 3.93. The molecule has 1 heterocycles. The molecule has 1 fully saturated rings. The van der Waals surface area contributed by atoms with Gasteiger partial charge in [-0.25, -0.2) is 0 Å². The molecule has 0 saturated carbocycles. The molecule has 82 valence electrons. The summed E-state index contributed by atoms with van der Waals surface area (Å²) in [5.74, 6) is 1.88. The molecule has 2 N–H and O–H groups in total. The van der Waals surface area contributed by atoms with Crippen molar-refractivity contribution < 1.29 is 4.79 Å². The second-order valence-electron chi connectivity index (χ2n) is 4.80. The molecule has 1 aliphatic rings. The maximum atomic E-state index is 11.8. The van der Waals surface area contributed by atoms with E-state index in [9.17, 15) is 4.79 Å². The number of nitrogens with zero attached hydrogens (tertiary/aromatic N) is 1. The van der Waals surface area contributed by atoms with Crippen LogP contribution in [-0.4, -0.2) is 30.4 Å². The summed E-state index contributed by atoms with van der Waals surface area (Å²) >= 11 is 0. The lowest BCUT2D eigenvalue weighted by Gasteiger charge is -2.18. The Morgan fingerprint density at radius 2 is 1.93 bits per heavy atom. The molecule has 0 bridgehead atoms. The predicted octanol–water partition coefficient (Wildman–Crippen LogP) is 1.09. The normalized spacial score (nSPS) is 29.3. The first-order valence-corrected chi connectivity index (χ1v) is 5.52. The number of likely N-dealkylation sites (tertiary alicyclic amines) is 1. The summed E-state index contributed by atoms with van der Waals surface area (Å²) in [6.45, 7) is 8.91. The average Bonchev–Trinajstić information content (AvgIpc) is 2.47. The highest BCUT2D eigenvalue weighted by molar-refractivity contribution is 5.76. The molecule has 3 nitrogen and oxygen atoms in total. The van der Waals surface area contributed by atoms with Crippen molar-refractivity contribution in [3.8, 4) is 0 Å². The Hall–Kier alpha value is -0.570. The van der Waals surface area contributed by atoms with E-state index in [1.54, 1.807) is 0 Å². The van der Waals surface area contributed by atoms with Crippen molar-refractivity contribution in [1.29, 1.82) is 0 Å². The van der Waals surface area contributed by atoms with Crippen LogP contribution in [0.5, 0.6) is 0 Å². The zero-order valence-corrected chi connectivity index (χ0v) is 9.49. The zero-order chi connectivity index (χ0) is 10.7. The third-order valence-corrected chi connectivity index (χ3v) is 3.27. The number of hydrogen-bond donors (Lipinski definition) is 1. The van der Waals surface area contributed by atoms with Crippen LogP contribution >= 0.6 is 0 Å². The fraction of sp³-hybridized carbons (Fsp3) is 0.909. The lowest BCUT2D eigenvalue weighted by atomic mass is 10.0. The van der Waals surface area contributed by atoms with Gasteiger partial charge in [0.05, 0.1) is 0 Å². The molecular weight excluding hydrogens is 176 g/mol. The van der Waals surface area contributed by atoms with E-state index >= 15 is 0 Å². The maximum Gasteiger partial charge on any atom is 0.222 e. The first-order valence-electron chi connectivity index (χ1n) is 5.52. The van der Waals surface area contributed by atoms with Gasteiger partial charge in [-0.05, 0) is 24.3 Å². The number of amides is 1. The molecular formula is C11H22N2O. The highest BCUT2D eigenvalue weighted by Gasteiger charge is 2.29. The van der Waals surface area contributed by atoms with E-state index in [-0.39, 0.29) is 5.91 Å². The van der Waals surface area contributed by atoms with E-state index in [1.165, 1.54) is 0 Å². The van der Waals surface area contributed by atoms with Crippen LogP contribution in [0, 0.1) is 17.8 Å². The summed E-state index contributed by atoms with van der Waals surface area (Å²) in [6.07, 6.45) is 0.607. The van der Waals surface area contributed by atoms with Crippen LogP contribution in [-0.2, 0) is 4.79 Å². The quantitative estimate of drug-likeness (QED) is 0.737. The zero-order valence-electron chi connectivity index (χ0n) is 9.49. The Bertz CT molecular complexity index is 195. The second kappa shape index (κ2) is 4.78. The Labute approximate surface area is 86.6 Å². The van der Waals surface area contributed by atoms with E-state index in [0.29, 0.717) is 30.7 Å². The van der Waals surface area contributed by atoms with Gasteiger partial charge < -0.3 is 10.6 Å². The van der Waals surface area contributed by atoms with Gasteiger partial charge in [-0.1, -0.05) is 20.8 Å². The van der Waals surface area contributed by atoms with Gasteiger partial charge in [0.15, 0.2) is 0 Å². The Balaban J connectivity index is 2.39. The first-order chi connectivity index (χ1) is 6.54. The standard InChI is InChI=1S/C11H22N2O/c1-8(5-12)4-11(14)13-6-9(2)10(3)7-13/h8-10H,4-7,12H2,1-3H3. The maximum absolute atomic E-state index is 11.8. The molecule has 1 amide bonds. The van der Waals surface area contributed by atoms with Crippen LogP contribution in [0.3, 0.4) is 0 Å². The van der Waals surface area contributed by atoms with Crippen LogP contribution in [0.15, 0.2) is 0 Å². The van der Waals surface area contributed by atoms with Crippen molar-refractivity contribution in [1.82, 2.24) is 4.90 Å². The minimum absolute atomic E-state index is 0.277. The van der Waals surface area contributed by atoms with Gasteiger partial charge in [0, 0.05) is 19.5 Å². The fourth-order valence-electron chi connectivity index (χ4n) is 1.84. The molecule has 0 aromatic heterocycles. The Morgan fingerprint density at radius 1 is 1.43 bits per heavy atom. The summed E-state index contributed by atoms with van der Waals surface area (Å²) in [5, 5.41) is 0.